The zero-order valence-corrected chi connectivity index (χ0v) is 17.8. The van der Waals surface area contributed by atoms with Gasteiger partial charge in [0, 0.05) is 23.6 Å². The van der Waals surface area contributed by atoms with Crippen molar-refractivity contribution < 1.29 is 18.0 Å². The molecule has 1 aromatic rings. The molecular formula is C19H29ClN2O4S. The molecule has 8 heteroatoms. The van der Waals surface area contributed by atoms with E-state index in [0.717, 1.165) is 25.7 Å². The highest BCUT2D eigenvalue weighted by Crippen LogP contribution is 2.28. The summed E-state index contributed by atoms with van der Waals surface area (Å²) in [4.78, 5) is 24.3. The molecule has 27 heavy (non-hydrogen) atoms. The van der Waals surface area contributed by atoms with E-state index < -0.39 is 16.1 Å². The fourth-order valence-corrected chi connectivity index (χ4v) is 4.06. The van der Waals surface area contributed by atoms with Gasteiger partial charge in [-0.05, 0) is 37.5 Å². The monoisotopic (exact) mass is 416 g/mol. The molecule has 0 bridgehead atoms. The van der Waals surface area contributed by atoms with Crippen LogP contribution >= 0.6 is 11.6 Å². The van der Waals surface area contributed by atoms with Crippen molar-refractivity contribution in [1.82, 2.24) is 10.0 Å². The quantitative estimate of drug-likeness (QED) is 0.407. The number of urea groups is 1. The minimum Gasteiger partial charge on any atom is -0.337 e. The molecule has 0 heterocycles. The van der Waals surface area contributed by atoms with Crippen molar-refractivity contribution in [3.63, 3.8) is 0 Å². The Balaban J connectivity index is 3.05. The number of benzene rings is 1. The topological polar surface area (TPSA) is 92.3 Å². The zero-order chi connectivity index (χ0) is 20.4. The predicted molar refractivity (Wildman–Crippen MR) is 108 cm³/mol. The fraction of sp³-hybridized carbons (Fsp3) is 0.579. The van der Waals surface area contributed by atoms with Crippen molar-refractivity contribution in [2.45, 2.75) is 70.6 Å². The summed E-state index contributed by atoms with van der Waals surface area (Å²) in [6.07, 6.45) is 5.79. The van der Waals surface area contributed by atoms with Gasteiger partial charge in [-0.2, -0.15) is 0 Å². The lowest BCUT2D eigenvalue weighted by atomic mass is 10.00. The number of hydrogen-bond donors (Lipinski definition) is 2. The number of sulfonamides is 1. The minimum atomic E-state index is -4.19. The van der Waals surface area contributed by atoms with E-state index in [1.54, 1.807) is 6.92 Å². The molecule has 0 aliphatic carbocycles. The third-order valence-electron chi connectivity index (χ3n) is 4.20. The number of amides is 2. The van der Waals surface area contributed by atoms with Crippen molar-refractivity contribution in [1.29, 1.82) is 0 Å². The van der Waals surface area contributed by atoms with Crippen LogP contribution in [-0.2, 0) is 10.0 Å². The van der Waals surface area contributed by atoms with Gasteiger partial charge >= 0.3 is 6.03 Å². The second kappa shape index (κ2) is 11.3. The number of halogens is 1. The van der Waals surface area contributed by atoms with E-state index in [9.17, 15) is 18.0 Å². The van der Waals surface area contributed by atoms with E-state index in [-0.39, 0.29) is 22.7 Å². The number of hydrogen-bond acceptors (Lipinski definition) is 4. The average molecular weight is 417 g/mol. The summed E-state index contributed by atoms with van der Waals surface area (Å²) < 4.78 is 27.2. The summed E-state index contributed by atoms with van der Waals surface area (Å²) in [7, 11) is -4.19. The first-order chi connectivity index (χ1) is 12.7. The van der Waals surface area contributed by atoms with Gasteiger partial charge in [-0.25, -0.2) is 17.9 Å². The van der Waals surface area contributed by atoms with Gasteiger partial charge in [0.25, 0.3) is 10.0 Å². The van der Waals surface area contributed by atoms with Gasteiger partial charge in [0.2, 0.25) is 0 Å². The van der Waals surface area contributed by atoms with E-state index in [1.165, 1.54) is 12.1 Å². The van der Waals surface area contributed by atoms with Crippen LogP contribution in [0.5, 0.6) is 0 Å². The van der Waals surface area contributed by atoms with Gasteiger partial charge in [0.15, 0.2) is 5.78 Å². The molecule has 0 unspecified atom stereocenters. The first kappa shape index (κ1) is 23.4. The standard InChI is InChI=1S/C19H29ClN2O4S/c1-4-6-7-8-9-10-16(23)18-14(3)15(20)11-12-17(18)27(25,26)22-19(24)21-13-5-2/h11-12H,4-10,13H2,1-3H3,(H2,21,22,24). The molecular weight excluding hydrogens is 388 g/mol. The molecule has 0 radical (unpaired) electrons. The molecule has 0 fully saturated rings. The average Bonchev–Trinajstić information content (AvgIpc) is 2.61. The van der Waals surface area contributed by atoms with Crippen LogP contribution in [0.25, 0.3) is 0 Å². The summed E-state index contributed by atoms with van der Waals surface area (Å²) in [5, 5.41) is 2.76. The van der Waals surface area contributed by atoms with Gasteiger partial charge < -0.3 is 5.32 Å². The maximum Gasteiger partial charge on any atom is 0.328 e. The summed E-state index contributed by atoms with van der Waals surface area (Å²) >= 11 is 6.11. The Bertz CT molecular complexity index is 763. The summed E-state index contributed by atoms with van der Waals surface area (Å²) in [6, 6.07) is 1.88. The Hall–Kier alpha value is -1.60. The number of nitrogens with one attached hydrogen (secondary N) is 2. The maximum atomic E-state index is 12.7. The van der Waals surface area contributed by atoms with Crippen molar-refractivity contribution in [2.75, 3.05) is 6.54 Å². The summed E-state index contributed by atoms with van der Waals surface area (Å²) in [6.45, 7) is 5.93. The molecule has 0 atom stereocenters. The summed E-state index contributed by atoms with van der Waals surface area (Å²) in [5.41, 5.74) is 0.473. The molecule has 0 saturated heterocycles. The van der Waals surface area contributed by atoms with Crippen LogP contribution in [0.15, 0.2) is 17.0 Å². The third-order valence-corrected chi connectivity index (χ3v) is 5.98. The van der Waals surface area contributed by atoms with Gasteiger partial charge in [-0.1, -0.05) is 51.1 Å². The van der Waals surface area contributed by atoms with E-state index >= 15 is 0 Å². The lowest BCUT2D eigenvalue weighted by Crippen LogP contribution is -2.40. The number of rotatable bonds is 11. The summed E-state index contributed by atoms with van der Waals surface area (Å²) in [5.74, 6) is -0.277. The lowest BCUT2D eigenvalue weighted by molar-refractivity contribution is 0.0975. The molecule has 1 aromatic carbocycles. The first-order valence-corrected chi connectivity index (χ1v) is 11.2. The molecule has 0 aliphatic heterocycles. The molecule has 6 nitrogen and oxygen atoms in total. The predicted octanol–water partition coefficient (Wildman–Crippen LogP) is 4.59. The van der Waals surface area contributed by atoms with Crippen molar-refractivity contribution >= 4 is 33.4 Å². The molecule has 152 valence electrons. The Kier molecular flexibility index (Phi) is 9.80. The maximum absolute atomic E-state index is 12.7. The number of Topliss-reactive ketones (excluding diaryl/α,β-unsaturated/α-hetero) is 1. The van der Waals surface area contributed by atoms with E-state index in [1.807, 2.05) is 11.6 Å². The van der Waals surface area contributed by atoms with E-state index in [2.05, 4.69) is 12.2 Å². The van der Waals surface area contributed by atoms with Crippen molar-refractivity contribution in [2.24, 2.45) is 0 Å². The highest BCUT2D eigenvalue weighted by Gasteiger charge is 2.26. The highest BCUT2D eigenvalue weighted by atomic mass is 35.5. The minimum absolute atomic E-state index is 0.0637. The molecule has 0 aliphatic rings. The van der Waals surface area contributed by atoms with Crippen LogP contribution in [0.4, 0.5) is 4.79 Å². The second-order valence-corrected chi connectivity index (χ2v) is 8.55. The van der Waals surface area contributed by atoms with Gasteiger partial charge in [0.05, 0.1) is 4.90 Å². The molecule has 0 saturated carbocycles. The zero-order valence-electron chi connectivity index (χ0n) is 16.2. The second-order valence-electron chi connectivity index (χ2n) is 6.49. The van der Waals surface area contributed by atoms with Crippen LogP contribution in [0.3, 0.4) is 0 Å². The van der Waals surface area contributed by atoms with E-state index in [4.69, 9.17) is 11.6 Å². The van der Waals surface area contributed by atoms with Crippen molar-refractivity contribution in [3.05, 3.63) is 28.3 Å². The molecule has 0 spiro atoms. The normalized spacial score (nSPS) is 11.3. The molecule has 1 rings (SSSR count). The number of ketones is 1. The van der Waals surface area contributed by atoms with Crippen LogP contribution in [-0.4, -0.2) is 26.8 Å². The Morgan fingerprint density at radius 2 is 1.70 bits per heavy atom. The Morgan fingerprint density at radius 3 is 2.33 bits per heavy atom. The van der Waals surface area contributed by atoms with E-state index in [0.29, 0.717) is 30.0 Å². The van der Waals surface area contributed by atoms with Gasteiger partial charge in [0.1, 0.15) is 0 Å². The van der Waals surface area contributed by atoms with Gasteiger partial charge in [-0.3, -0.25) is 4.79 Å². The SMILES string of the molecule is CCCCCCCC(=O)c1c(S(=O)(=O)NC(=O)NCCC)ccc(Cl)c1C. The fourth-order valence-electron chi connectivity index (χ4n) is 2.70. The third kappa shape index (κ3) is 7.14. The van der Waals surface area contributed by atoms with Crippen molar-refractivity contribution in [3.8, 4) is 0 Å². The van der Waals surface area contributed by atoms with Gasteiger partial charge in [-0.15, -0.1) is 0 Å². The molecule has 2 amide bonds. The Labute approximate surface area is 167 Å². The van der Waals surface area contributed by atoms with Crippen LogP contribution < -0.4 is 10.0 Å². The van der Waals surface area contributed by atoms with Crippen LogP contribution in [0.1, 0.15) is 74.7 Å². The number of unbranched alkanes of at least 4 members (excludes halogenated alkanes) is 4. The number of carbonyl (C=O) groups is 2. The number of carbonyl (C=O) groups excluding carboxylic acids is 2. The lowest BCUT2D eigenvalue weighted by Gasteiger charge is -2.14. The van der Waals surface area contributed by atoms with Crippen LogP contribution in [0, 0.1) is 6.92 Å². The Morgan fingerprint density at radius 1 is 1.04 bits per heavy atom. The molecule has 2 N–H and O–H groups in total. The first-order valence-electron chi connectivity index (χ1n) is 9.37. The highest BCUT2D eigenvalue weighted by molar-refractivity contribution is 7.90. The largest absolute Gasteiger partial charge is 0.337 e. The molecule has 0 aromatic heterocycles. The smallest absolute Gasteiger partial charge is 0.328 e. The van der Waals surface area contributed by atoms with Crippen LogP contribution in [0.2, 0.25) is 5.02 Å².